The van der Waals surface area contributed by atoms with E-state index in [9.17, 15) is 4.79 Å². The Bertz CT molecular complexity index is 452. The summed E-state index contributed by atoms with van der Waals surface area (Å²) in [6.07, 6.45) is 2.30. The van der Waals surface area contributed by atoms with Crippen LogP contribution in [0.2, 0.25) is 0 Å². The average molecular weight is 274 g/mol. The highest BCUT2D eigenvalue weighted by atomic mass is 16.1. The van der Waals surface area contributed by atoms with Crippen molar-refractivity contribution in [3.05, 3.63) is 34.4 Å². The zero-order valence-corrected chi connectivity index (χ0v) is 14.3. The molecule has 0 aliphatic rings. The number of Topliss-reactive ketones (excluding diaryl/α,β-unsaturated/α-hetero) is 1. The van der Waals surface area contributed by atoms with Gasteiger partial charge in [-0.15, -0.1) is 0 Å². The topological polar surface area (TPSA) is 17.1 Å². The maximum absolute atomic E-state index is 12.1. The first-order valence-corrected chi connectivity index (χ1v) is 7.73. The van der Waals surface area contributed by atoms with E-state index in [0.29, 0.717) is 24.5 Å². The van der Waals surface area contributed by atoms with Crippen molar-refractivity contribution in [2.24, 2.45) is 5.92 Å². The van der Waals surface area contributed by atoms with Crippen LogP contribution in [0.3, 0.4) is 0 Å². The van der Waals surface area contributed by atoms with E-state index in [1.807, 2.05) is 0 Å². The van der Waals surface area contributed by atoms with Crippen LogP contribution >= 0.6 is 0 Å². The van der Waals surface area contributed by atoms with Crippen molar-refractivity contribution < 1.29 is 4.79 Å². The second kappa shape index (κ2) is 6.56. The molecular weight excluding hydrogens is 244 g/mol. The summed E-state index contributed by atoms with van der Waals surface area (Å²) in [6.45, 7) is 15.3. The quantitative estimate of drug-likeness (QED) is 0.725. The van der Waals surface area contributed by atoms with E-state index >= 15 is 0 Å². The van der Waals surface area contributed by atoms with Gasteiger partial charge in [-0.3, -0.25) is 4.79 Å². The summed E-state index contributed by atoms with van der Waals surface area (Å²) in [5, 5.41) is 0. The highest BCUT2D eigenvalue weighted by Crippen LogP contribution is 2.27. The number of aryl methyl sites for hydroxylation is 2. The molecule has 0 heterocycles. The van der Waals surface area contributed by atoms with Crippen molar-refractivity contribution in [1.29, 1.82) is 0 Å². The van der Waals surface area contributed by atoms with Gasteiger partial charge in [0.05, 0.1) is 0 Å². The molecule has 0 unspecified atom stereocenters. The Morgan fingerprint density at radius 1 is 1.10 bits per heavy atom. The lowest BCUT2D eigenvalue weighted by Gasteiger charge is -2.22. The molecule has 0 bridgehead atoms. The monoisotopic (exact) mass is 274 g/mol. The van der Waals surface area contributed by atoms with E-state index in [0.717, 1.165) is 6.42 Å². The van der Waals surface area contributed by atoms with Gasteiger partial charge in [-0.25, -0.2) is 0 Å². The van der Waals surface area contributed by atoms with Crippen LogP contribution in [0.25, 0.3) is 0 Å². The molecule has 0 aromatic heterocycles. The molecule has 112 valence electrons. The number of hydrogen-bond donors (Lipinski definition) is 0. The van der Waals surface area contributed by atoms with Crippen LogP contribution in [-0.2, 0) is 16.6 Å². The zero-order valence-electron chi connectivity index (χ0n) is 14.3. The second-order valence-corrected chi connectivity index (χ2v) is 7.49. The lowest BCUT2D eigenvalue weighted by molar-refractivity contribution is -0.118. The standard InChI is InChI=1S/C19H30O/c1-13(2)8-9-17(20)12-18-14(3)10-16(11-15(18)4)19(5,6)7/h10-11,13H,8-9,12H2,1-7H3. The molecular formula is C19H30O. The molecule has 0 fully saturated rings. The van der Waals surface area contributed by atoms with Gasteiger partial charge in [-0.1, -0.05) is 46.8 Å². The molecule has 0 radical (unpaired) electrons. The van der Waals surface area contributed by atoms with Gasteiger partial charge in [0.1, 0.15) is 5.78 Å². The van der Waals surface area contributed by atoms with E-state index in [1.54, 1.807) is 0 Å². The van der Waals surface area contributed by atoms with Crippen LogP contribution < -0.4 is 0 Å². The van der Waals surface area contributed by atoms with Crippen molar-refractivity contribution in [3.63, 3.8) is 0 Å². The predicted molar refractivity (Wildman–Crippen MR) is 87.4 cm³/mol. The van der Waals surface area contributed by atoms with Crippen molar-refractivity contribution in [2.45, 2.75) is 73.1 Å². The van der Waals surface area contributed by atoms with Crippen molar-refractivity contribution in [1.82, 2.24) is 0 Å². The van der Waals surface area contributed by atoms with Crippen molar-refractivity contribution >= 4 is 5.78 Å². The highest BCUT2D eigenvalue weighted by Gasteiger charge is 2.17. The molecule has 0 aliphatic carbocycles. The van der Waals surface area contributed by atoms with Crippen LogP contribution in [-0.4, -0.2) is 5.78 Å². The first kappa shape index (κ1) is 16.9. The highest BCUT2D eigenvalue weighted by molar-refractivity contribution is 5.81. The summed E-state index contributed by atoms with van der Waals surface area (Å²) < 4.78 is 0. The van der Waals surface area contributed by atoms with Gasteiger partial charge < -0.3 is 0 Å². The summed E-state index contributed by atoms with van der Waals surface area (Å²) in [5.74, 6) is 0.970. The Balaban J connectivity index is 2.89. The van der Waals surface area contributed by atoms with Crippen LogP contribution in [0, 0.1) is 19.8 Å². The SMILES string of the molecule is Cc1cc(C(C)(C)C)cc(C)c1CC(=O)CCC(C)C. The zero-order chi connectivity index (χ0) is 15.5. The minimum absolute atomic E-state index is 0.162. The minimum Gasteiger partial charge on any atom is -0.299 e. The largest absolute Gasteiger partial charge is 0.299 e. The molecule has 1 heteroatoms. The molecule has 0 atom stereocenters. The fourth-order valence-corrected chi connectivity index (χ4v) is 2.44. The fraction of sp³-hybridized carbons (Fsp3) is 0.632. The molecule has 0 saturated carbocycles. The van der Waals surface area contributed by atoms with E-state index < -0.39 is 0 Å². The van der Waals surface area contributed by atoms with Gasteiger partial charge in [0, 0.05) is 12.8 Å². The molecule has 1 nitrogen and oxygen atoms in total. The third kappa shape index (κ3) is 4.77. The van der Waals surface area contributed by atoms with E-state index in [1.165, 1.54) is 22.3 Å². The third-order valence-corrected chi connectivity index (χ3v) is 3.94. The summed E-state index contributed by atoms with van der Waals surface area (Å²) >= 11 is 0. The molecule has 1 aromatic carbocycles. The van der Waals surface area contributed by atoms with E-state index in [2.05, 4.69) is 60.6 Å². The number of rotatable bonds is 5. The lowest BCUT2D eigenvalue weighted by atomic mass is 9.83. The summed E-state index contributed by atoms with van der Waals surface area (Å²) in [7, 11) is 0. The van der Waals surface area contributed by atoms with Crippen molar-refractivity contribution in [3.8, 4) is 0 Å². The molecule has 0 saturated heterocycles. The van der Waals surface area contributed by atoms with Crippen LogP contribution in [0.1, 0.15) is 69.7 Å². The van der Waals surface area contributed by atoms with Crippen LogP contribution in [0.15, 0.2) is 12.1 Å². The first-order chi connectivity index (χ1) is 9.11. The molecule has 20 heavy (non-hydrogen) atoms. The number of benzene rings is 1. The van der Waals surface area contributed by atoms with Crippen LogP contribution in [0.5, 0.6) is 0 Å². The van der Waals surface area contributed by atoms with Gasteiger partial charge in [0.25, 0.3) is 0 Å². The average Bonchev–Trinajstić information content (AvgIpc) is 2.29. The minimum atomic E-state index is 0.162. The van der Waals surface area contributed by atoms with E-state index in [4.69, 9.17) is 0 Å². The van der Waals surface area contributed by atoms with E-state index in [-0.39, 0.29) is 5.41 Å². The second-order valence-electron chi connectivity index (χ2n) is 7.49. The number of carbonyl (C=O) groups excluding carboxylic acids is 1. The Kier molecular flexibility index (Phi) is 5.56. The summed E-state index contributed by atoms with van der Waals surface area (Å²) in [4.78, 5) is 12.1. The molecule has 0 aliphatic heterocycles. The Labute approximate surface area is 124 Å². The van der Waals surface area contributed by atoms with Gasteiger partial charge >= 0.3 is 0 Å². The number of carbonyl (C=O) groups is 1. The Morgan fingerprint density at radius 3 is 2.00 bits per heavy atom. The summed E-state index contributed by atoms with van der Waals surface area (Å²) in [6, 6.07) is 4.50. The lowest BCUT2D eigenvalue weighted by Crippen LogP contribution is -2.14. The molecule has 0 amide bonds. The molecule has 0 N–H and O–H groups in total. The number of hydrogen-bond acceptors (Lipinski definition) is 1. The Hall–Kier alpha value is -1.11. The van der Waals surface area contributed by atoms with Gasteiger partial charge in [-0.05, 0) is 53.9 Å². The van der Waals surface area contributed by atoms with Crippen molar-refractivity contribution in [2.75, 3.05) is 0 Å². The van der Waals surface area contributed by atoms with Gasteiger partial charge in [0.15, 0.2) is 0 Å². The first-order valence-electron chi connectivity index (χ1n) is 7.73. The van der Waals surface area contributed by atoms with Gasteiger partial charge in [0.2, 0.25) is 0 Å². The maximum atomic E-state index is 12.1. The normalized spacial score (nSPS) is 12.0. The molecule has 0 spiro atoms. The Morgan fingerprint density at radius 2 is 1.60 bits per heavy atom. The number of ketones is 1. The fourth-order valence-electron chi connectivity index (χ4n) is 2.44. The molecule has 1 aromatic rings. The smallest absolute Gasteiger partial charge is 0.137 e. The summed E-state index contributed by atoms with van der Waals surface area (Å²) in [5.41, 5.74) is 5.26. The van der Waals surface area contributed by atoms with Gasteiger partial charge in [-0.2, -0.15) is 0 Å². The third-order valence-electron chi connectivity index (χ3n) is 3.94. The van der Waals surface area contributed by atoms with Crippen LogP contribution in [0.4, 0.5) is 0 Å². The maximum Gasteiger partial charge on any atom is 0.137 e. The molecule has 1 rings (SSSR count). The predicted octanol–water partition coefficient (Wildman–Crippen LogP) is 5.15.